The summed E-state index contributed by atoms with van der Waals surface area (Å²) in [7, 11) is 3.54. The van der Waals surface area contributed by atoms with Crippen LogP contribution in [0.3, 0.4) is 0 Å². The third-order valence-corrected chi connectivity index (χ3v) is 7.51. The molecule has 0 spiro atoms. The molecule has 1 aliphatic rings. The first-order valence-corrected chi connectivity index (χ1v) is 14.1. The minimum absolute atomic E-state index is 0.0131. The number of methoxy groups -OCH3 is 1. The van der Waals surface area contributed by atoms with Crippen molar-refractivity contribution >= 4 is 17.5 Å². The summed E-state index contributed by atoms with van der Waals surface area (Å²) in [5, 5.41) is 3.08. The molecule has 1 aliphatic heterocycles. The standard InChI is InChI=1S/C29H41ClFN3O6/c1-6-20(34(4)11-13-38-12-10-31)8-7-9-21-17-39-27-24(30)15-22(19(3)26(27)40-21)28(35)32-16-23-25(37-5)14-18(2)33-29(23)36/h14-15,20-21H,6-13,16-17H2,1-5H3,(H,32,35)(H,33,36). The number of halogens is 2. The summed E-state index contributed by atoms with van der Waals surface area (Å²) in [6.07, 6.45) is 3.51. The number of H-pyrrole nitrogens is 1. The van der Waals surface area contributed by atoms with Gasteiger partial charge >= 0.3 is 0 Å². The largest absolute Gasteiger partial charge is 0.496 e. The predicted octanol–water partition coefficient (Wildman–Crippen LogP) is 4.59. The maximum absolute atomic E-state index is 13.1. The first-order valence-electron chi connectivity index (χ1n) is 13.7. The van der Waals surface area contributed by atoms with E-state index in [9.17, 15) is 14.0 Å². The Labute approximate surface area is 240 Å². The fourth-order valence-corrected chi connectivity index (χ4v) is 5.15. The van der Waals surface area contributed by atoms with Gasteiger partial charge in [-0.2, -0.15) is 0 Å². The molecule has 9 nitrogen and oxygen atoms in total. The molecule has 1 aromatic carbocycles. The highest BCUT2D eigenvalue weighted by atomic mass is 35.5. The van der Waals surface area contributed by atoms with E-state index in [-0.39, 0.29) is 35.7 Å². The lowest BCUT2D eigenvalue weighted by atomic mass is 10.0. The Hall–Kier alpha value is -2.82. The number of hydrogen-bond acceptors (Lipinski definition) is 7. The number of aryl methyl sites for hydroxylation is 1. The highest BCUT2D eigenvalue weighted by Crippen LogP contribution is 2.43. The van der Waals surface area contributed by atoms with Crippen molar-refractivity contribution in [1.29, 1.82) is 0 Å². The minimum atomic E-state index is -0.464. The molecule has 2 heterocycles. The van der Waals surface area contributed by atoms with Gasteiger partial charge in [0.2, 0.25) is 0 Å². The molecule has 0 aliphatic carbocycles. The van der Waals surface area contributed by atoms with Crippen LogP contribution in [0, 0.1) is 13.8 Å². The topological polar surface area (TPSA) is 102 Å². The Balaban J connectivity index is 1.62. The number of nitrogens with one attached hydrogen (secondary N) is 2. The second-order valence-corrected chi connectivity index (χ2v) is 10.4. The van der Waals surface area contributed by atoms with Crippen LogP contribution < -0.4 is 25.1 Å². The van der Waals surface area contributed by atoms with Gasteiger partial charge in [0.1, 0.15) is 25.1 Å². The van der Waals surface area contributed by atoms with Gasteiger partial charge in [-0.05, 0) is 58.7 Å². The van der Waals surface area contributed by atoms with Crippen molar-refractivity contribution < 1.29 is 28.1 Å². The van der Waals surface area contributed by atoms with Crippen LogP contribution in [0.15, 0.2) is 16.9 Å². The van der Waals surface area contributed by atoms with E-state index in [1.807, 2.05) is 0 Å². The van der Waals surface area contributed by atoms with Gasteiger partial charge in [-0.3, -0.25) is 9.59 Å². The number of carbonyl (C=O) groups excluding carboxylic acids is 1. The van der Waals surface area contributed by atoms with Crippen LogP contribution in [0.5, 0.6) is 17.2 Å². The first-order chi connectivity index (χ1) is 19.2. The van der Waals surface area contributed by atoms with E-state index in [1.54, 1.807) is 26.0 Å². The zero-order chi connectivity index (χ0) is 29.2. The lowest BCUT2D eigenvalue weighted by Gasteiger charge is -2.30. The quantitative estimate of drug-likeness (QED) is 0.297. The monoisotopic (exact) mass is 581 g/mol. The van der Waals surface area contributed by atoms with Crippen LogP contribution in [-0.2, 0) is 11.3 Å². The summed E-state index contributed by atoms with van der Waals surface area (Å²) < 4.78 is 35.1. The molecule has 2 atom stereocenters. The molecule has 3 rings (SSSR count). The minimum Gasteiger partial charge on any atom is -0.496 e. The zero-order valence-electron chi connectivity index (χ0n) is 24.0. The number of nitrogens with zero attached hydrogens (tertiary/aromatic N) is 1. The maximum Gasteiger partial charge on any atom is 0.256 e. The molecule has 1 amide bonds. The fraction of sp³-hybridized carbons (Fsp3) is 0.586. The summed E-state index contributed by atoms with van der Waals surface area (Å²) in [5.41, 5.74) is 1.63. The van der Waals surface area contributed by atoms with Crippen molar-refractivity contribution in [2.75, 3.05) is 47.2 Å². The Morgan fingerprint density at radius 2 is 2.08 bits per heavy atom. The first kappa shape index (κ1) is 31.7. The molecule has 0 bridgehead atoms. The van der Waals surface area contributed by atoms with Crippen molar-refractivity contribution in [2.24, 2.45) is 0 Å². The molecule has 11 heteroatoms. The van der Waals surface area contributed by atoms with E-state index in [4.69, 9.17) is 30.5 Å². The Bertz CT molecular complexity index is 1210. The molecule has 2 N–H and O–H groups in total. The van der Waals surface area contributed by atoms with E-state index >= 15 is 0 Å². The van der Waals surface area contributed by atoms with E-state index < -0.39 is 6.67 Å². The van der Waals surface area contributed by atoms with Crippen LogP contribution in [0.2, 0.25) is 5.02 Å². The van der Waals surface area contributed by atoms with E-state index in [2.05, 4.69) is 29.2 Å². The fourth-order valence-electron chi connectivity index (χ4n) is 4.90. The number of ether oxygens (including phenoxy) is 4. The van der Waals surface area contributed by atoms with Crippen LogP contribution in [-0.4, -0.2) is 75.1 Å². The summed E-state index contributed by atoms with van der Waals surface area (Å²) in [6.45, 7) is 7.01. The van der Waals surface area contributed by atoms with Crippen molar-refractivity contribution in [3.8, 4) is 17.2 Å². The normalized spacial score (nSPS) is 15.2. The van der Waals surface area contributed by atoms with Crippen molar-refractivity contribution in [3.63, 3.8) is 0 Å². The average molecular weight is 582 g/mol. The number of alkyl halides is 1. The summed E-state index contributed by atoms with van der Waals surface area (Å²) >= 11 is 6.48. The molecule has 1 aromatic heterocycles. The number of aromatic nitrogens is 1. The highest BCUT2D eigenvalue weighted by molar-refractivity contribution is 6.32. The number of hydrogen-bond donors (Lipinski definition) is 2. The SMILES string of the molecule is CCC(CCCC1COc2c(Cl)cc(C(=O)NCc3c(OC)cc(C)[nH]c3=O)c(C)c2O1)N(C)CCOCCF. The van der Waals surface area contributed by atoms with Gasteiger partial charge < -0.3 is 34.1 Å². The Kier molecular flexibility index (Phi) is 12.1. The van der Waals surface area contributed by atoms with Crippen LogP contribution >= 0.6 is 11.6 Å². The van der Waals surface area contributed by atoms with Gasteiger partial charge in [0, 0.05) is 29.4 Å². The molecule has 40 heavy (non-hydrogen) atoms. The third-order valence-electron chi connectivity index (χ3n) is 7.22. The lowest BCUT2D eigenvalue weighted by Crippen LogP contribution is -2.35. The number of benzene rings is 1. The second-order valence-electron chi connectivity index (χ2n) is 10.0. The number of likely N-dealkylation sites (N-methyl/N-ethyl adjacent to an activating group) is 1. The van der Waals surface area contributed by atoms with Gasteiger partial charge in [0.15, 0.2) is 11.5 Å². The number of rotatable bonds is 15. The smallest absolute Gasteiger partial charge is 0.256 e. The molecule has 0 saturated carbocycles. The number of fused-ring (bicyclic) bond motifs is 1. The molecule has 222 valence electrons. The molecular formula is C29H41ClFN3O6. The number of amides is 1. The summed E-state index contributed by atoms with van der Waals surface area (Å²) in [6, 6.07) is 3.65. The molecule has 2 unspecified atom stereocenters. The lowest BCUT2D eigenvalue weighted by molar-refractivity contribution is 0.0737. The van der Waals surface area contributed by atoms with E-state index in [0.29, 0.717) is 58.9 Å². The van der Waals surface area contributed by atoms with Gasteiger partial charge in [-0.25, -0.2) is 4.39 Å². The Morgan fingerprint density at radius 1 is 1.30 bits per heavy atom. The second kappa shape index (κ2) is 15.3. The molecule has 2 aromatic rings. The molecular weight excluding hydrogens is 541 g/mol. The van der Waals surface area contributed by atoms with Crippen LogP contribution in [0.25, 0.3) is 0 Å². The van der Waals surface area contributed by atoms with E-state index in [1.165, 1.54) is 7.11 Å². The Morgan fingerprint density at radius 3 is 2.77 bits per heavy atom. The van der Waals surface area contributed by atoms with Crippen molar-refractivity contribution in [3.05, 3.63) is 49.9 Å². The summed E-state index contributed by atoms with van der Waals surface area (Å²) in [5.74, 6) is 0.916. The number of carbonyl (C=O) groups is 1. The predicted molar refractivity (Wildman–Crippen MR) is 153 cm³/mol. The van der Waals surface area contributed by atoms with E-state index in [0.717, 1.165) is 32.2 Å². The van der Waals surface area contributed by atoms with Gasteiger partial charge in [-0.1, -0.05) is 18.5 Å². The molecule has 0 radical (unpaired) electrons. The third kappa shape index (κ3) is 8.11. The zero-order valence-corrected chi connectivity index (χ0v) is 24.8. The van der Waals surface area contributed by atoms with Crippen molar-refractivity contribution in [2.45, 2.75) is 65.1 Å². The van der Waals surface area contributed by atoms with Gasteiger partial charge in [0.25, 0.3) is 11.5 Å². The number of pyridine rings is 1. The van der Waals surface area contributed by atoms with Crippen molar-refractivity contribution in [1.82, 2.24) is 15.2 Å². The maximum atomic E-state index is 13.1. The highest BCUT2D eigenvalue weighted by Gasteiger charge is 2.28. The van der Waals surface area contributed by atoms with Gasteiger partial charge in [0.05, 0.1) is 37.5 Å². The summed E-state index contributed by atoms with van der Waals surface area (Å²) in [4.78, 5) is 30.5. The average Bonchev–Trinajstić information content (AvgIpc) is 2.94. The van der Waals surface area contributed by atoms with Crippen LogP contribution in [0.1, 0.15) is 59.8 Å². The molecule has 0 saturated heterocycles. The number of aromatic amines is 1. The molecule has 0 fully saturated rings. The van der Waals surface area contributed by atoms with Gasteiger partial charge in [-0.15, -0.1) is 0 Å². The van der Waals surface area contributed by atoms with Crippen LogP contribution in [0.4, 0.5) is 4.39 Å².